The van der Waals surface area contributed by atoms with Gasteiger partial charge in [0.25, 0.3) is 0 Å². The fourth-order valence-electron chi connectivity index (χ4n) is 1.89. The molecule has 12 heteroatoms. The molecule has 0 aromatic heterocycles. The summed E-state index contributed by atoms with van der Waals surface area (Å²) >= 11 is 4.46. The third-order valence-corrected chi connectivity index (χ3v) is 3.66. The Kier molecular flexibility index (Phi) is 9.01. The molecule has 146 valence electrons. The van der Waals surface area contributed by atoms with Crippen LogP contribution in [0, 0.1) is 30.2 Å². The molecule has 0 amide bonds. The first-order chi connectivity index (χ1) is 12.5. The van der Waals surface area contributed by atoms with Crippen molar-refractivity contribution in [2.75, 3.05) is 0 Å². The van der Waals surface area contributed by atoms with Crippen LogP contribution in [0.3, 0.4) is 0 Å². The Balaban J connectivity index is 0.00000114. The van der Waals surface area contributed by atoms with E-state index in [4.69, 9.17) is 31.2 Å². The van der Waals surface area contributed by atoms with E-state index in [2.05, 4.69) is 4.99 Å². The van der Waals surface area contributed by atoms with Crippen LogP contribution in [-0.4, -0.2) is 6.21 Å². The van der Waals surface area contributed by atoms with Crippen molar-refractivity contribution in [2.45, 2.75) is 18.0 Å². The molecule has 2 aromatic rings. The van der Waals surface area contributed by atoms with Crippen molar-refractivity contribution in [1.82, 2.24) is 0 Å². The summed E-state index contributed by atoms with van der Waals surface area (Å²) in [5.41, 5.74) is -3.30. The molecule has 0 N–H and O–H groups in total. The van der Waals surface area contributed by atoms with E-state index >= 15 is 0 Å². The molecule has 0 bridgehead atoms. The van der Waals surface area contributed by atoms with Crippen LogP contribution in [0.2, 0.25) is 0 Å². The summed E-state index contributed by atoms with van der Waals surface area (Å²) in [6, 6.07) is 4.62. The van der Waals surface area contributed by atoms with E-state index in [-0.39, 0.29) is 10.5 Å². The van der Waals surface area contributed by atoms with Crippen LogP contribution < -0.4 is 0 Å². The van der Waals surface area contributed by atoms with E-state index < -0.39 is 57.7 Å². The number of hydrogen-bond acceptors (Lipinski definition) is 2. The van der Waals surface area contributed by atoms with E-state index in [9.17, 15) is 30.7 Å². The minimum atomic E-state index is -5.59. The van der Waals surface area contributed by atoms with Crippen molar-refractivity contribution >= 4 is 43.1 Å². The predicted molar refractivity (Wildman–Crippen MR) is 87.0 cm³/mol. The van der Waals surface area contributed by atoms with Gasteiger partial charge < -0.3 is 12.6 Å². The summed E-state index contributed by atoms with van der Waals surface area (Å²) < 4.78 is 91.8. The molecule has 0 unspecified atom stereocenters. The zero-order valence-corrected chi connectivity index (χ0v) is 17.0. The monoisotopic (exact) mass is 484 g/mol. The molecule has 0 radical (unpaired) electrons. The Morgan fingerprint density at radius 3 is 1.93 bits per heavy atom. The van der Waals surface area contributed by atoms with Crippen LogP contribution >= 0.6 is 18.6 Å². The molecule has 27 heavy (non-hydrogen) atoms. The number of benzene rings is 2. The molecule has 0 aliphatic carbocycles. The fraction of sp³-hybridized carbons (Fsp3) is 0.133. The first-order valence-electron chi connectivity index (χ1n) is 6.67. The average Bonchev–Trinajstić information content (AvgIpc) is 2.56. The number of halogens is 9. The maximum absolute atomic E-state index is 13.7. The zero-order chi connectivity index (χ0) is 20.9. The molecule has 0 fully saturated rings. The van der Waals surface area contributed by atoms with Gasteiger partial charge in [0, 0.05) is 6.21 Å². The number of aliphatic imine (C=N–C) groups is 1. The Hall–Kier alpha value is -0.866. The van der Waals surface area contributed by atoms with Crippen LogP contribution in [0.1, 0.15) is 16.7 Å². The van der Waals surface area contributed by atoms with Crippen LogP contribution in [-0.2, 0) is 35.8 Å². The molecule has 0 heterocycles. The van der Waals surface area contributed by atoms with Gasteiger partial charge >= 0.3 is 41.8 Å². The second kappa shape index (κ2) is 10.1. The Labute approximate surface area is 171 Å². The Bertz CT molecular complexity index is 830. The van der Waals surface area contributed by atoms with Gasteiger partial charge in [0.1, 0.15) is 11.3 Å². The second-order valence-corrected chi connectivity index (χ2v) is 7.79. The number of alkyl halides is 3. The molecular formula is C15H7Cl2F7NSTi-. The van der Waals surface area contributed by atoms with E-state index in [0.29, 0.717) is 5.56 Å². The topological polar surface area (TPSA) is 12.4 Å². The molecular weight excluding hydrogens is 478 g/mol. The summed E-state index contributed by atoms with van der Waals surface area (Å²) in [5.74, 6) is -9.60. The predicted octanol–water partition coefficient (Wildman–Crippen LogP) is 6.60. The summed E-state index contributed by atoms with van der Waals surface area (Å²) in [7, 11) is 9.78. The van der Waals surface area contributed by atoms with Gasteiger partial charge in [-0.25, -0.2) is 22.6 Å². The molecule has 0 spiro atoms. The van der Waals surface area contributed by atoms with E-state index in [1.54, 1.807) is 19.1 Å². The van der Waals surface area contributed by atoms with Gasteiger partial charge in [-0.15, -0.1) is 0 Å². The zero-order valence-electron chi connectivity index (χ0n) is 13.1. The van der Waals surface area contributed by atoms with Crippen molar-refractivity contribution in [3.63, 3.8) is 0 Å². The third-order valence-electron chi connectivity index (χ3n) is 3.10. The fourth-order valence-corrected chi connectivity index (χ4v) is 2.08. The number of hydrogen-bond donors (Lipinski definition) is 0. The van der Waals surface area contributed by atoms with Crippen LogP contribution in [0.15, 0.2) is 28.1 Å². The molecule has 0 aliphatic heterocycles. The SMILES string of the molecule is Cc1cccc(C=Nc2c(F)c(F)c(C(F)(F)F)c(F)c2F)c1[S-].[Cl][Ti][Cl]. The average molecular weight is 485 g/mol. The first kappa shape index (κ1) is 24.2. The van der Waals surface area contributed by atoms with E-state index in [1.165, 1.54) is 6.07 Å². The molecule has 0 saturated carbocycles. The molecule has 0 saturated heterocycles. The minimum absolute atomic E-state index is 0.213. The van der Waals surface area contributed by atoms with E-state index in [0.717, 1.165) is 6.21 Å². The summed E-state index contributed by atoms with van der Waals surface area (Å²) in [4.78, 5) is 3.51. The summed E-state index contributed by atoms with van der Waals surface area (Å²) in [5, 5.41) is 0. The Morgan fingerprint density at radius 2 is 1.48 bits per heavy atom. The molecule has 0 atom stereocenters. The van der Waals surface area contributed by atoms with Crippen LogP contribution in [0.5, 0.6) is 0 Å². The van der Waals surface area contributed by atoms with Crippen molar-refractivity contribution in [3.05, 3.63) is 58.2 Å². The first-order valence-corrected chi connectivity index (χ1v) is 11.4. The molecule has 2 rings (SSSR count). The standard InChI is InChI=1S/C15H8F7NS.2ClH.Ti/c1-6-3-2-4-7(14(6)24)5-23-13-11(18)9(16)8(15(20,21)22)10(17)12(13)19;;;/h2-5,24H,1H3;2*1H;/q;;;+2/p-3. The summed E-state index contributed by atoms with van der Waals surface area (Å²) in [6.45, 7) is 1.65. The second-order valence-electron chi connectivity index (χ2n) is 4.80. The van der Waals surface area contributed by atoms with E-state index in [1.807, 2.05) is 0 Å². The van der Waals surface area contributed by atoms with Crippen molar-refractivity contribution in [2.24, 2.45) is 4.99 Å². The Morgan fingerprint density at radius 1 is 1.00 bits per heavy atom. The molecule has 0 aliphatic rings. The van der Waals surface area contributed by atoms with Crippen molar-refractivity contribution < 1.29 is 47.8 Å². The quantitative estimate of drug-likeness (QED) is 0.154. The normalized spacial score (nSPS) is 11.3. The van der Waals surface area contributed by atoms with Gasteiger partial charge in [-0.1, -0.05) is 23.8 Å². The number of aryl methyl sites for hydroxylation is 1. The molecule has 2 aromatic carbocycles. The van der Waals surface area contributed by atoms with Gasteiger partial charge in [0.05, 0.1) is 0 Å². The van der Waals surface area contributed by atoms with Crippen LogP contribution in [0.25, 0.3) is 0 Å². The number of rotatable bonds is 2. The number of nitrogens with zero attached hydrogens (tertiary/aromatic N) is 1. The van der Waals surface area contributed by atoms with Crippen molar-refractivity contribution in [1.29, 1.82) is 0 Å². The van der Waals surface area contributed by atoms with Crippen LogP contribution in [0.4, 0.5) is 36.4 Å². The van der Waals surface area contributed by atoms with Crippen molar-refractivity contribution in [3.8, 4) is 0 Å². The third kappa shape index (κ3) is 5.81. The van der Waals surface area contributed by atoms with Gasteiger partial charge in [-0.2, -0.15) is 18.1 Å². The summed E-state index contributed by atoms with van der Waals surface area (Å²) in [6.07, 6.45) is -4.77. The van der Waals surface area contributed by atoms with Gasteiger partial charge in [0.2, 0.25) is 0 Å². The maximum atomic E-state index is 13.7. The van der Waals surface area contributed by atoms with Gasteiger partial charge in [-0.3, -0.25) is 0 Å². The van der Waals surface area contributed by atoms with Gasteiger partial charge in [0.15, 0.2) is 23.3 Å². The molecule has 1 nitrogen and oxygen atoms in total. The van der Waals surface area contributed by atoms with Gasteiger partial charge in [-0.05, 0) is 12.5 Å².